The Bertz CT molecular complexity index is 917. The molecule has 1 aromatic rings. The van der Waals surface area contributed by atoms with Crippen LogP contribution in [-0.4, -0.2) is 43.9 Å². The summed E-state index contributed by atoms with van der Waals surface area (Å²) in [7, 11) is -2.89. The molecule has 2 rings (SSSR count). The van der Waals surface area contributed by atoms with Gasteiger partial charge in [-0.15, -0.1) is 0 Å². The fraction of sp³-hybridized carbons (Fsp3) is 0.412. The Morgan fingerprint density at radius 3 is 2.27 bits per heavy atom. The summed E-state index contributed by atoms with van der Waals surface area (Å²) in [5.41, 5.74) is -0.636. The third-order valence-electron chi connectivity index (χ3n) is 4.55. The SMILES string of the molecule is CC(=O)C(C)(C)CCC(=O)NS(=O)(=O)c1ccc2c(c1)C(=O)N(C)C2=O. The van der Waals surface area contributed by atoms with Gasteiger partial charge < -0.3 is 0 Å². The largest absolute Gasteiger partial charge is 0.299 e. The quantitative estimate of drug-likeness (QED) is 0.739. The molecule has 3 amide bonds. The van der Waals surface area contributed by atoms with Crippen LogP contribution in [-0.2, 0) is 19.6 Å². The molecule has 0 bridgehead atoms. The lowest BCUT2D eigenvalue weighted by atomic mass is 9.84. The second kappa shape index (κ2) is 6.64. The van der Waals surface area contributed by atoms with Crippen LogP contribution in [0.15, 0.2) is 23.1 Å². The lowest BCUT2D eigenvalue weighted by molar-refractivity contribution is -0.126. The van der Waals surface area contributed by atoms with Gasteiger partial charge >= 0.3 is 0 Å². The zero-order chi connectivity index (χ0) is 19.9. The molecular formula is C17H20N2O6S. The van der Waals surface area contributed by atoms with Crippen molar-refractivity contribution >= 4 is 33.5 Å². The first-order chi connectivity index (χ1) is 11.9. The van der Waals surface area contributed by atoms with E-state index in [0.29, 0.717) is 0 Å². The van der Waals surface area contributed by atoms with Crippen LogP contribution in [0.1, 0.15) is 54.3 Å². The van der Waals surface area contributed by atoms with Gasteiger partial charge in [0, 0.05) is 18.9 Å². The number of ketones is 1. The average molecular weight is 380 g/mol. The van der Waals surface area contributed by atoms with E-state index in [-0.39, 0.29) is 34.6 Å². The summed E-state index contributed by atoms with van der Waals surface area (Å²) in [5.74, 6) is -1.96. The first kappa shape index (κ1) is 19.8. The van der Waals surface area contributed by atoms with Crippen LogP contribution in [0.2, 0.25) is 0 Å². The van der Waals surface area contributed by atoms with E-state index < -0.39 is 33.2 Å². The van der Waals surface area contributed by atoms with Crippen molar-refractivity contribution in [2.75, 3.05) is 7.05 Å². The van der Waals surface area contributed by atoms with Crippen molar-refractivity contribution in [3.8, 4) is 0 Å². The average Bonchev–Trinajstić information content (AvgIpc) is 2.77. The number of carbonyl (C=O) groups excluding carboxylic acids is 4. The predicted molar refractivity (Wildman–Crippen MR) is 91.9 cm³/mol. The third kappa shape index (κ3) is 3.67. The Balaban J connectivity index is 2.17. The number of carbonyl (C=O) groups is 4. The molecule has 0 fully saturated rings. The highest BCUT2D eigenvalue weighted by Crippen LogP contribution is 2.25. The molecule has 0 saturated heterocycles. The van der Waals surface area contributed by atoms with E-state index in [4.69, 9.17) is 0 Å². The molecule has 9 heteroatoms. The molecule has 0 aliphatic carbocycles. The fourth-order valence-electron chi connectivity index (χ4n) is 2.37. The molecule has 1 heterocycles. The summed E-state index contributed by atoms with van der Waals surface area (Å²) in [4.78, 5) is 47.9. The zero-order valence-electron chi connectivity index (χ0n) is 15.0. The van der Waals surface area contributed by atoms with Gasteiger partial charge in [-0.05, 0) is 31.5 Å². The Hall–Kier alpha value is -2.55. The predicted octanol–water partition coefficient (Wildman–Crippen LogP) is 1.11. The minimum Gasteiger partial charge on any atom is -0.299 e. The van der Waals surface area contributed by atoms with Crippen LogP contribution in [0.3, 0.4) is 0 Å². The lowest BCUT2D eigenvalue weighted by Crippen LogP contribution is -2.32. The summed E-state index contributed by atoms with van der Waals surface area (Å²) in [6.07, 6.45) is 0.0581. The molecule has 0 unspecified atom stereocenters. The standard InChI is InChI=1S/C17H20N2O6S/c1-10(20)17(2,3)8-7-14(21)18-26(24,25)11-5-6-12-13(9-11)16(23)19(4)15(12)22/h5-6,9H,7-8H2,1-4H3,(H,18,21). The summed E-state index contributed by atoms with van der Waals surface area (Å²) in [5, 5.41) is 0. The molecule has 0 spiro atoms. The molecule has 1 aromatic carbocycles. The monoisotopic (exact) mass is 380 g/mol. The van der Waals surface area contributed by atoms with Gasteiger partial charge in [-0.1, -0.05) is 13.8 Å². The summed E-state index contributed by atoms with van der Waals surface area (Å²) < 4.78 is 26.6. The van der Waals surface area contributed by atoms with Crippen molar-refractivity contribution in [3.05, 3.63) is 29.3 Å². The minimum absolute atomic E-state index is 0.0227. The van der Waals surface area contributed by atoms with Crippen molar-refractivity contribution in [2.45, 2.75) is 38.5 Å². The van der Waals surface area contributed by atoms with Crippen molar-refractivity contribution in [2.24, 2.45) is 5.41 Å². The molecule has 0 radical (unpaired) electrons. The molecule has 1 aliphatic rings. The minimum atomic E-state index is -4.19. The van der Waals surface area contributed by atoms with E-state index in [1.165, 1.54) is 20.0 Å². The molecule has 1 N–H and O–H groups in total. The second-order valence-electron chi connectivity index (χ2n) is 6.85. The number of nitrogens with one attached hydrogen (secondary N) is 1. The number of fused-ring (bicyclic) bond motifs is 1. The highest BCUT2D eigenvalue weighted by Gasteiger charge is 2.34. The van der Waals surface area contributed by atoms with Gasteiger partial charge in [-0.25, -0.2) is 13.1 Å². The maximum atomic E-state index is 12.4. The van der Waals surface area contributed by atoms with Gasteiger partial charge in [0.05, 0.1) is 16.0 Å². The Morgan fingerprint density at radius 2 is 1.69 bits per heavy atom. The number of imide groups is 1. The first-order valence-electron chi connectivity index (χ1n) is 7.90. The number of benzene rings is 1. The van der Waals surface area contributed by atoms with Crippen LogP contribution < -0.4 is 4.72 Å². The molecule has 26 heavy (non-hydrogen) atoms. The number of nitrogens with zero attached hydrogens (tertiary/aromatic N) is 1. The maximum Gasteiger partial charge on any atom is 0.264 e. The van der Waals surface area contributed by atoms with Gasteiger partial charge in [0.2, 0.25) is 5.91 Å². The highest BCUT2D eigenvalue weighted by atomic mass is 32.2. The number of amides is 3. The van der Waals surface area contributed by atoms with E-state index in [2.05, 4.69) is 0 Å². The topological polar surface area (TPSA) is 118 Å². The highest BCUT2D eigenvalue weighted by molar-refractivity contribution is 7.90. The number of Topliss-reactive ketones (excluding diaryl/α,β-unsaturated/α-hetero) is 1. The normalized spacial score (nSPS) is 14.4. The molecule has 1 aliphatic heterocycles. The summed E-state index contributed by atoms with van der Waals surface area (Å²) in [6.45, 7) is 4.77. The van der Waals surface area contributed by atoms with Crippen LogP contribution in [0, 0.1) is 5.41 Å². The van der Waals surface area contributed by atoms with Crippen LogP contribution in [0.25, 0.3) is 0 Å². The molecule has 0 aromatic heterocycles. The number of rotatable bonds is 6. The fourth-order valence-corrected chi connectivity index (χ4v) is 3.41. The van der Waals surface area contributed by atoms with E-state index in [1.807, 2.05) is 4.72 Å². The van der Waals surface area contributed by atoms with Gasteiger partial charge in [0.25, 0.3) is 21.8 Å². The van der Waals surface area contributed by atoms with Gasteiger partial charge in [0.15, 0.2) is 0 Å². The number of hydrogen-bond acceptors (Lipinski definition) is 6. The van der Waals surface area contributed by atoms with Crippen molar-refractivity contribution in [3.63, 3.8) is 0 Å². The van der Waals surface area contributed by atoms with Gasteiger partial charge in [-0.3, -0.25) is 24.1 Å². The van der Waals surface area contributed by atoms with Crippen molar-refractivity contribution in [1.82, 2.24) is 9.62 Å². The van der Waals surface area contributed by atoms with Crippen LogP contribution in [0.5, 0.6) is 0 Å². The zero-order valence-corrected chi connectivity index (χ0v) is 15.8. The second-order valence-corrected chi connectivity index (χ2v) is 8.53. The van der Waals surface area contributed by atoms with Crippen LogP contribution >= 0.6 is 0 Å². The first-order valence-corrected chi connectivity index (χ1v) is 9.38. The third-order valence-corrected chi connectivity index (χ3v) is 5.92. The number of hydrogen-bond donors (Lipinski definition) is 1. The van der Waals surface area contributed by atoms with Crippen molar-refractivity contribution in [1.29, 1.82) is 0 Å². The summed E-state index contributed by atoms with van der Waals surface area (Å²) >= 11 is 0. The lowest BCUT2D eigenvalue weighted by Gasteiger charge is -2.20. The van der Waals surface area contributed by atoms with Gasteiger partial charge in [-0.2, -0.15) is 0 Å². The Morgan fingerprint density at radius 1 is 1.12 bits per heavy atom. The Kier molecular flexibility index (Phi) is 5.05. The number of sulfonamides is 1. The molecule has 8 nitrogen and oxygen atoms in total. The van der Waals surface area contributed by atoms with Crippen molar-refractivity contribution < 1.29 is 27.6 Å². The van der Waals surface area contributed by atoms with Crippen LogP contribution in [0.4, 0.5) is 0 Å². The molecular weight excluding hydrogens is 360 g/mol. The maximum absolute atomic E-state index is 12.4. The van der Waals surface area contributed by atoms with E-state index in [9.17, 15) is 27.6 Å². The molecule has 140 valence electrons. The van der Waals surface area contributed by atoms with E-state index in [1.54, 1.807) is 13.8 Å². The molecule has 0 saturated carbocycles. The summed E-state index contributed by atoms with van der Waals surface area (Å²) in [6, 6.07) is 3.49. The van der Waals surface area contributed by atoms with Gasteiger partial charge in [0.1, 0.15) is 5.78 Å². The van der Waals surface area contributed by atoms with E-state index in [0.717, 1.165) is 17.0 Å². The smallest absolute Gasteiger partial charge is 0.264 e. The Labute approximate surface area is 151 Å². The van der Waals surface area contributed by atoms with E-state index >= 15 is 0 Å². The molecule has 0 atom stereocenters.